The van der Waals surface area contributed by atoms with Gasteiger partial charge in [-0.25, -0.2) is 0 Å². The zero-order valence-electron chi connectivity index (χ0n) is 7.26. The third-order valence-electron chi connectivity index (χ3n) is 1.71. The van der Waals surface area contributed by atoms with Crippen LogP contribution in [0.3, 0.4) is 0 Å². The molecule has 0 aromatic rings. The van der Waals surface area contributed by atoms with Gasteiger partial charge >= 0.3 is 0 Å². The molecule has 0 aliphatic carbocycles. The first kappa shape index (κ1) is 9.92. The largest absolute Gasteiger partial charge is 0.396 e. The van der Waals surface area contributed by atoms with Crippen LogP contribution in [0.2, 0.25) is 0 Å². The maximum absolute atomic E-state index is 9.49. The fourth-order valence-electron chi connectivity index (χ4n) is 0.953. The van der Waals surface area contributed by atoms with Crippen LogP contribution in [0, 0.1) is 11.3 Å². The van der Waals surface area contributed by atoms with Crippen LogP contribution < -0.4 is 0 Å². The molecule has 2 nitrogen and oxygen atoms in total. The topological polar surface area (TPSA) is 40.5 Å². The van der Waals surface area contributed by atoms with E-state index in [0.717, 1.165) is 0 Å². The van der Waals surface area contributed by atoms with Gasteiger partial charge in [-0.15, -0.1) is 0 Å². The molecule has 0 radical (unpaired) electrons. The van der Waals surface area contributed by atoms with Crippen molar-refractivity contribution in [3.63, 3.8) is 0 Å². The van der Waals surface area contributed by atoms with Crippen LogP contribution >= 0.6 is 0 Å². The van der Waals surface area contributed by atoms with Crippen LogP contribution in [-0.4, -0.2) is 22.9 Å². The highest BCUT2D eigenvalue weighted by atomic mass is 16.3. The Kier molecular flexibility index (Phi) is 3.33. The fraction of sp³-hybridized carbons (Fsp3) is 1.00. The van der Waals surface area contributed by atoms with Gasteiger partial charge in [0.05, 0.1) is 6.10 Å². The molecule has 0 bridgehead atoms. The van der Waals surface area contributed by atoms with Gasteiger partial charge in [0, 0.05) is 12.5 Å². The molecule has 0 rings (SSSR count). The van der Waals surface area contributed by atoms with Crippen molar-refractivity contribution in [1.29, 1.82) is 0 Å². The number of rotatable bonds is 2. The molecular formula is C8H18O2. The van der Waals surface area contributed by atoms with E-state index < -0.39 is 6.10 Å². The summed E-state index contributed by atoms with van der Waals surface area (Å²) >= 11 is 0. The molecule has 0 unspecified atom stereocenters. The van der Waals surface area contributed by atoms with E-state index in [2.05, 4.69) is 0 Å². The summed E-state index contributed by atoms with van der Waals surface area (Å²) in [6, 6.07) is 0. The van der Waals surface area contributed by atoms with Gasteiger partial charge in [-0.2, -0.15) is 0 Å². The van der Waals surface area contributed by atoms with Gasteiger partial charge in [0.15, 0.2) is 0 Å². The minimum absolute atomic E-state index is 0.0278. The van der Waals surface area contributed by atoms with Gasteiger partial charge in [-0.1, -0.05) is 27.7 Å². The van der Waals surface area contributed by atoms with Gasteiger partial charge in [-0.05, 0) is 5.41 Å². The van der Waals surface area contributed by atoms with E-state index >= 15 is 0 Å². The number of hydrogen-bond donors (Lipinski definition) is 2. The predicted octanol–water partition coefficient (Wildman–Crippen LogP) is 1.02. The molecule has 0 heterocycles. The van der Waals surface area contributed by atoms with E-state index in [1.165, 1.54) is 0 Å². The molecule has 2 heteroatoms. The summed E-state index contributed by atoms with van der Waals surface area (Å²) in [5.74, 6) is -0.0278. The van der Waals surface area contributed by atoms with Crippen molar-refractivity contribution in [3.05, 3.63) is 0 Å². The summed E-state index contributed by atoms with van der Waals surface area (Å²) in [5.41, 5.74) is -0.123. The average molecular weight is 146 g/mol. The van der Waals surface area contributed by atoms with E-state index in [-0.39, 0.29) is 17.9 Å². The number of aliphatic hydroxyl groups excluding tert-OH is 2. The summed E-state index contributed by atoms with van der Waals surface area (Å²) in [7, 11) is 0. The molecule has 0 fully saturated rings. The summed E-state index contributed by atoms with van der Waals surface area (Å²) in [6.45, 7) is 7.78. The lowest BCUT2D eigenvalue weighted by molar-refractivity contribution is -0.00245. The molecule has 10 heavy (non-hydrogen) atoms. The third-order valence-corrected chi connectivity index (χ3v) is 1.71. The first-order valence-electron chi connectivity index (χ1n) is 3.68. The standard InChI is InChI=1S/C8H18O2/c1-6(5-9)7(10)8(2,3)4/h6-7,9-10H,5H2,1-4H3/t6-,7+/m1/s1. The summed E-state index contributed by atoms with van der Waals surface area (Å²) < 4.78 is 0. The van der Waals surface area contributed by atoms with Crippen LogP contribution in [0.1, 0.15) is 27.7 Å². The first-order chi connectivity index (χ1) is 4.39. The molecule has 0 aliphatic heterocycles. The molecule has 2 atom stereocenters. The molecule has 0 amide bonds. The van der Waals surface area contributed by atoms with Crippen LogP contribution in [0.4, 0.5) is 0 Å². The second kappa shape index (κ2) is 3.35. The van der Waals surface area contributed by atoms with Gasteiger partial charge in [0.25, 0.3) is 0 Å². The van der Waals surface area contributed by atoms with E-state index in [0.29, 0.717) is 0 Å². The fourth-order valence-corrected chi connectivity index (χ4v) is 0.953. The minimum Gasteiger partial charge on any atom is -0.396 e. The van der Waals surface area contributed by atoms with Crippen molar-refractivity contribution in [2.75, 3.05) is 6.61 Å². The van der Waals surface area contributed by atoms with Gasteiger partial charge in [0.1, 0.15) is 0 Å². The molecule has 0 aromatic heterocycles. The molecule has 0 aliphatic rings. The zero-order valence-corrected chi connectivity index (χ0v) is 7.26. The van der Waals surface area contributed by atoms with Gasteiger partial charge in [0.2, 0.25) is 0 Å². The quantitative estimate of drug-likeness (QED) is 0.610. The molecule has 0 saturated heterocycles. The monoisotopic (exact) mass is 146 g/mol. The second-order valence-electron chi connectivity index (χ2n) is 3.97. The maximum Gasteiger partial charge on any atom is 0.0635 e. The van der Waals surface area contributed by atoms with Crippen LogP contribution in [0.15, 0.2) is 0 Å². The maximum atomic E-state index is 9.49. The van der Waals surface area contributed by atoms with Crippen molar-refractivity contribution >= 4 is 0 Å². The Morgan fingerprint density at radius 3 is 1.80 bits per heavy atom. The van der Waals surface area contributed by atoms with E-state index in [1.807, 2.05) is 27.7 Å². The molecule has 62 valence electrons. The molecular weight excluding hydrogens is 128 g/mol. The summed E-state index contributed by atoms with van der Waals surface area (Å²) in [6.07, 6.45) is -0.419. The van der Waals surface area contributed by atoms with E-state index in [4.69, 9.17) is 5.11 Å². The van der Waals surface area contributed by atoms with E-state index in [9.17, 15) is 5.11 Å². The summed E-state index contributed by atoms with van der Waals surface area (Å²) in [4.78, 5) is 0. The smallest absolute Gasteiger partial charge is 0.0635 e. The van der Waals surface area contributed by atoms with Crippen LogP contribution in [0.5, 0.6) is 0 Å². The Morgan fingerprint density at radius 2 is 1.70 bits per heavy atom. The normalized spacial score (nSPS) is 18.6. The van der Waals surface area contributed by atoms with Crippen molar-refractivity contribution in [1.82, 2.24) is 0 Å². The number of aliphatic hydroxyl groups is 2. The molecule has 0 aromatic carbocycles. The Hall–Kier alpha value is -0.0800. The van der Waals surface area contributed by atoms with Crippen LogP contribution in [0.25, 0.3) is 0 Å². The SMILES string of the molecule is C[C@H](CO)[C@H](O)C(C)(C)C. The van der Waals surface area contributed by atoms with Gasteiger partial charge in [-0.3, -0.25) is 0 Å². The first-order valence-corrected chi connectivity index (χ1v) is 3.68. The Balaban J connectivity index is 3.94. The van der Waals surface area contributed by atoms with Crippen LogP contribution in [-0.2, 0) is 0 Å². The van der Waals surface area contributed by atoms with Crippen molar-refractivity contribution in [2.45, 2.75) is 33.8 Å². The lowest BCUT2D eigenvalue weighted by atomic mass is 9.82. The zero-order chi connectivity index (χ0) is 8.36. The van der Waals surface area contributed by atoms with E-state index in [1.54, 1.807) is 0 Å². The highest BCUT2D eigenvalue weighted by Gasteiger charge is 2.26. The van der Waals surface area contributed by atoms with Crippen molar-refractivity contribution in [2.24, 2.45) is 11.3 Å². The average Bonchev–Trinajstić information content (AvgIpc) is 1.83. The van der Waals surface area contributed by atoms with Crippen molar-refractivity contribution < 1.29 is 10.2 Å². The summed E-state index contributed by atoms with van der Waals surface area (Å²) in [5, 5.41) is 18.2. The molecule has 2 N–H and O–H groups in total. The number of hydrogen-bond acceptors (Lipinski definition) is 2. The Bertz CT molecular complexity index is 93.9. The second-order valence-corrected chi connectivity index (χ2v) is 3.97. The van der Waals surface area contributed by atoms with Gasteiger partial charge < -0.3 is 10.2 Å². The molecule has 0 spiro atoms. The Morgan fingerprint density at radius 1 is 1.30 bits per heavy atom. The lowest BCUT2D eigenvalue weighted by Crippen LogP contribution is -2.33. The highest BCUT2D eigenvalue weighted by Crippen LogP contribution is 2.24. The molecule has 0 saturated carbocycles. The minimum atomic E-state index is -0.419. The lowest BCUT2D eigenvalue weighted by Gasteiger charge is -2.29. The third kappa shape index (κ3) is 2.67. The highest BCUT2D eigenvalue weighted by molar-refractivity contribution is 4.76. The predicted molar refractivity (Wildman–Crippen MR) is 41.7 cm³/mol. The van der Waals surface area contributed by atoms with Crippen molar-refractivity contribution in [3.8, 4) is 0 Å². The Labute approximate surface area is 62.9 Å².